The fraction of sp³-hybridized carbons (Fsp3) is 0.241. The number of nitrogens with zero attached hydrogens (tertiary/aromatic N) is 3. The van der Waals surface area contributed by atoms with Gasteiger partial charge in [-0.1, -0.05) is 28.1 Å². The molecule has 0 radical (unpaired) electrons. The van der Waals surface area contributed by atoms with Crippen molar-refractivity contribution in [1.29, 1.82) is 0 Å². The van der Waals surface area contributed by atoms with Crippen LogP contribution in [0.1, 0.15) is 29.1 Å². The van der Waals surface area contributed by atoms with Crippen LogP contribution in [-0.2, 0) is 4.74 Å². The van der Waals surface area contributed by atoms with Gasteiger partial charge in [-0.05, 0) is 85.4 Å². The predicted molar refractivity (Wildman–Crippen MR) is 154 cm³/mol. The highest BCUT2D eigenvalue weighted by molar-refractivity contribution is 9.10. The van der Waals surface area contributed by atoms with Gasteiger partial charge in [0.25, 0.3) is 0 Å². The molecule has 2 aromatic carbocycles. The van der Waals surface area contributed by atoms with Gasteiger partial charge in [-0.25, -0.2) is 0 Å². The molecule has 2 saturated heterocycles. The van der Waals surface area contributed by atoms with E-state index in [1.54, 1.807) is 0 Å². The molecule has 0 amide bonds. The van der Waals surface area contributed by atoms with Crippen LogP contribution >= 0.6 is 28.1 Å². The molecular weight excluding hydrogens is 548 g/mol. The van der Waals surface area contributed by atoms with Crippen molar-refractivity contribution in [2.45, 2.75) is 19.0 Å². The number of halogens is 1. The van der Waals surface area contributed by atoms with Crippen LogP contribution in [0.4, 0.5) is 11.4 Å². The molecule has 0 spiro atoms. The Morgan fingerprint density at radius 1 is 0.973 bits per heavy atom. The van der Waals surface area contributed by atoms with Gasteiger partial charge in [-0.15, -0.1) is 0 Å². The third-order valence-corrected chi connectivity index (χ3v) is 7.88. The summed E-state index contributed by atoms with van der Waals surface area (Å²) in [7, 11) is 0. The molecule has 2 aliphatic heterocycles. The number of hydrogen-bond donors (Lipinski definition) is 1. The first kappa shape index (κ1) is 24.2. The van der Waals surface area contributed by atoms with E-state index in [4.69, 9.17) is 21.4 Å². The number of rotatable bonds is 5. The fourth-order valence-electron chi connectivity index (χ4n) is 5.04. The van der Waals surface area contributed by atoms with Crippen LogP contribution in [0.2, 0.25) is 0 Å². The number of pyridine rings is 1. The third kappa shape index (κ3) is 4.77. The molecule has 1 N–H and O–H groups in total. The number of thiocarbonyl (C=S) groups is 1. The minimum Gasteiger partial charge on any atom is -0.459 e. The van der Waals surface area contributed by atoms with Crippen molar-refractivity contribution in [1.82, 2.24) is 10.3 Å². The maximum absolute atomic E-state index is 6.52. The van der Waals surface area contributed by atoms with Crippen LogP contribution in [0.25, 0.3) is 11.3 Å². The highest BCUT2D eigenvalue weighted by atomic mass is 79.9. The number of hydrogen-bond acceptors (Lipinski definition) is 5. The largest absolute Gasteiger partial charge is 0.459 e. The van der Waals surface area contributed by atoms with Gasteiger partial charge in [0.05, 0.1) is 24.9 Å². The number of aryl methyl sites for hydroxylation is 1. The van der Waals surface area contributed by atoms with Crippen molar-refractivity contribution >= 4 is 44.6 Å². The Hall–Kier alpha value is -3.20. The van der Waals surface area contributed by atoms with E-state index in [2.05, 4.69) is 85.4 Å². The van der Waals surface area contributed by atoms with Crippen molar-refractivity contribution in [3.05, 3.63) is 100 Å². The topological polar surface area (TPSA) is 53.8 Å². The number of anilines is 2. The number of benzene rings is 2. The van der Waals surface area contributed by atoms with Crippen LogP contribution in [0.5, 0.6) is 0 Å². The lowest BCUT2D eigenvalue weighted by atomic mass is 10.0. The summed E-state index contributed by atoms with van der Waals surface area (Å²) in [6, 6.07) is 24.5. The van der Waals surface area contributed by atoms with Crippen LogP contribution in [0.15, 0.2) is 87.9 Å². The number of morpholine rings is 1. The molecule has 2 aliphatic rings. The van der Waals surface area contributed by atoms with Crippen molar-refractivity contribution in [3.63, 3.8) is 0 Å². The molecule has 37 heavy (non-hydrogen) atoms. The molecule has 4 aromatic rings. The molecule has 188 valence electrons. The lowest BCUT2D eigenvalue weighted by Crippen LogP contribution is -2.36. The van der Waals surface area contributed by atoms with Crippen molar-refractivity contribution < 1.29 is 9.15 Å². The van der Waals surface area contributed by atoms with E-state index in [0.717, 1.165) is 59.2 Å². The number of ether oxygens (including phenoxy) is 1. The van der Waals surface area contributed by atoms with E-state index in [9.17, 15) is 0 Å². The Bertz CT molecular complexity index is 1400. The van der Waals surface area contributed by atoms with Gasteiger partial charge in [0.15, 0.2) is 5.11 Å². The van der Waals surface area contributed by atoms with Gasteiger partial charge in [0, 0.05) is 40.7 Å². The summed E-state index contributed by atoms with van der Waals surface area (Å²) in [4.78, 5) is 9.14. The molecule has 2 fully saturated rings. The number of nitrogens with one attached hydrogen (secondary N) is 1. The smallest absolute Gasteiger partial charge is 0.174 e. The first-order valence-electron chi connectivity index (χ1n) is 12.4. The standard InChI is InChI=1S/C29H27BrN4O2S/c1-19-5-10-22(23(30)18-19)25-11-12-26(36-25)28-27(24-4-2-3-13-31-24)32-29(37)34(28)21-8-6-20(7-9-21)33-14-16-35-17-15-33/h2-13,18,27-28H,14-17H2,1H3,(H,32,37)/t27-,28+/m1/s1. The quantitative estimate of drug-likeness (QED) is 0.276. The van der Waals surface area contributed by atoms with E-state index in [-0.39, 0.29) is 12.1 Å². The highest BCUT2D eigenvalue weighted by Gasteiger charge is 2.42. The van der Waals surface area contributed by atoms with Gasteiger partial charge in [-0.3, -0.25) is 4.98 Å². The predicted octanol–water partition coefficient (Wildman–Crippen LogP) is 6.43. The minimum atomic E-state index is -0.199. The molecule has 0 saturated carbocycles. The fourth-order valence-corrected chi connectivity index (χ4v) is 6.08. The summed E-state index contributed by atoms with van der Waals surface area (Å²) in [5.74, 6) is 1.63. The lowest BCUT2D eigenvalue weighted by molar-refractivity contribution is 0.122. The molecule has 6 nitrogen and oxygen atoms in total. The Kier molecular flexibility index (Phi) is 6.71. The Labute approximate surface area is 230 Å². The summed E-state index contributed by atoms with van der Waals surface area (Å²) in [6.45, 7) is 5.39. The van der Waals surface area contributed by atoms with Gasteiger partial charge < -0.3 is 24.3 Å². The Morgan fingerprint density at radius 3 is 2.49 bits per heavy atom. The Balaban J connectivity index is 1.38. The molecule has 4 heterocycles. The maximum Gasteiger partial charge on any atom is 0.174 e. The van der Waals surface area contributed by atoms with Crippen LogP contribution in [-0.4, -0.2) is 36.4 Å². The van der Waals surface area contributed by atoms with E-state index < -0.39 is 0 Å². The second kappa shape index (κ2) is 10.3. The average Bonchev–Trinajstić information content (AvgIpc) is 3.54. The molecule has 0 bridgehead atoms. The lowest BCUT2D eigenvalue weighted by Gasteiger charge is -2.30. The normalized spacial score (nSPS) is 19.8. The van der Waals surface area contributed by atoms with Gasteiger partial charge in [0.2, 0.25) is 0 Å². The van der Waals surface area contributed by atoms with Gasteiger partial charge in [0.1, 0.15) is 17.6 Å². The Morgan fingerprint density at radius 2 is 1.76 bits per heavy atom. The zero-order valence-corrected chi connectivity index (χ0v) is 22.8. The van der Waals surface area contributed by atoms with E-state index in [0.29, 0.717) is 5.11 Å². The van der Waals surface area contributed by atoms with Crippen molar-refractivity contribution in [3.8, 4) is 11.3 Å². The first-order chi connectivity index (χ1) is 18.1. The third-order valence-electron chi connectivity index (χ3n) is 6.91. The van der Waals surface area contributed by atoms with Crippen molar-refractivity contribution in [2.75, 3.05) is 36.1 Å². The number of aromatic nitrogens is 1. The molecule has 0 unspecified atom stereocenters. The second-order valence-electron chi connectivity index (χ2n) is 9.30. The second-order valence-corrected chi connectivity index (χ2v) is 10.5. The van der Waals surface area contributed by atoms with Gasteiger partial charge in [-0.2, -0.15) is 0 Å². The summed E-state index contributed by atoms with van der Waals surface area (Å²) in [5.41, 5.74) is 5.31. The van der Waals surface area contributed by atoms with Crippen LogP contribution in [0.3, 0.4) is 0 Å². The van der Waals surface area contributed by atoms with Crippen molar-refractivity contribution in [2.24, 2.45) is 0 Å². The summed E-state index contributed by atoms with van der Waals surface area (Å²) in [5, 5.41) is 4.16. The summed E-state index contributed by atoms with van der Waals surface area (Å²) < 4.78 is 13.0. The van der Waals surface area contributed by atoms with E-state index in [1.165, 1.54) is 11.3 Å². The molecule has 2 aromatic heterocycles. The van der Waals surface area contributed by atoms with E-state index >= 15 is 0 Å². The highest BCUT2D eigenvalue weighted by Crippen LogP contribution is 2.43. The monoisotopic (exact) mass is 574 g/mol. The zero-order chi connectivity index (χ0) is 25.4. The maximum atomic E-state index is 6.52. The van der Waals surface area contributed by atoms with Crippen LogP contribution in [0, 0.1) is 6.92 Å². The number of furan rings is 1. The first-order valence-corrected chi connectivity index (χ1v) is 13.6. The average molecular weight is 576 g/mol. The minimum absolute atomic E-state index is 0.159. The molecule has 2 atom stereocenters. The summed E-state index contributed by atoms with van der Waals surface area (Å²) in [6.07, 6.45) is 1.81. The molecule has 8 heteroatoms. The molecule has 6 rings (SSSR count). The van der Waals surface area contributed by atoms with Gasteiger partial charge >= 0.3 is 0 Å². The SMILES string of the molecule is Cc1ccc(-c2ccc([C@H]3[C@@H](c4ccccn4)NC(=S)N3c3ccc(N4CCOCC4)cc3)o2)c(Br)c1. The molecular formula is C29H27BrN4O2S. The molecule has 0 aliphatic carbocycles. The van der Waals surface area contributed by atoms with E-state index in [1.807, 2.05) is 36.5 Å². The summed E-state index contributed by atoms with van der Waals surface area (Å²) >= 11 is 9.58. The zero-order valence-electron chi connectivity index (χ0n) is 20.4. The van der Waals surface area contributed by atoms with Crippen LogP contribution < -0.4 is 15.1 Å².